The van der Waals surface area contributed by atoms with Crippen molar-refractivity contribution < 1.29 is 14.0 Å². The van der Waals surface area contributed by atoms with Crippen molar-refractivity contribution in [3.63, 3.8) is 0 Å². The molecule has 0 aliphatic carbocycles. The summed E-state index contributed by atoms with van der Waals surface area (Å²) in [6.07, 6.45) is 3.66. The van der Waals surface area contributed by atoms with E-state index >= 15 is 0 Å². The monoisotopic (exact) mass is 298 g/mol. The predicted octanol–water partition coefficient (Wildman–Crippen LogP) is 1.88. The average molecular weight is 299 g/mol. The van der Waals surface area contributed by atoms with Gasteiger partial charge in [-0.15, -0.1) is 11.6 Å². The Balaban J connectivity index is 1.77. The third-order valence-electron chi connectivity index (χ3n) is 3.49. The van der Waals surface area contributed by atoms with Crippen LogP contribution in [0, 0.1) is 5.92 Å². The summed E-state index contributed by atoms with van der Waals surface area (Å²) >= 11 is 5.57. The first kappa shape index (κ1) is 14.9. The summed E-state index contributed by atoms with van der Waals surface area (Å²) in [5.74, 6) is 0.869. The number of furan rings is 1. The van der Waals surface area contributed by atoms with E-state index in [4.69, 9.17) is 16.0 Å². The molecule has 1 aromatic heterocycles. The highest BCUT2D eigenvalue weighted by Gasteiger charge is 2.28. The summed E-state index contributed by atoms with van der Waals surface area (Å²) in [7, 11) is 0. The van der Waals surface area contributed by atoms with Crippen LogP contribution in [0.25, 0.3) is 0 Å². The minimum atomic E-state index is -0.101. The zero-order valence-corrected chi connectivity index (χ0v) is 12.1. The van der Waals surface area contributed by atoms with Gasteiger partial charge in [-0.3, -0.25) is 9.59 Å². The first-order valence-electron chi connectivity index (χ1n) is 6.89. The molecule has 5 nitrogen and oxygen atoms in total. The Bertz CT molecular complexity index is 439. The van der Waals surface area contributed by atoms with E-state index in [1.807, 2.05) is 0 Å². The number of halogens is 1. The highest BCUT2D eigenvalue weighted by Crippen LogP contribution is 2.19. The van der Waals surface area contributed by atoms with E-state index in [-0.39, 0.29) is 17.7 Å². The molecule has 1 N–H and O–H groups in total. The molecule has 0 unspecified atom stereocenters. The minimum absolute atomic E-state index is 0.00836. The Morgan fingerprint density at radius 2 is 2.15 bits per heavy atom. The Morgan fingerprint density at radius 3 is 2.75 bits per heavy atom. The maximum atomic E-state index is 12.1. The van der Waals surface area contributed by atoms with E-state index in [1.54, 1.807) is 17.0 Å². The van der Waals surface area contributed by atoms with Gasteiger partial charge >= 0.3 is 0 Å². The van der Waals surface area contributed by atoms with Crippen molar-refractivity contribution in [2.45, 2.75) is 19.3 Å². The van der Waals surface area contributed by atoms with Gasteiger partial charge in [-0.1, -0.05) is 0 Å². The molecule has 1 fully saturated rings. The molecular weight excluding hydrogens is 280 g/mol. The molecule has 20 heavy (non-hydrogen) atoms. The number of amides is 2. The van der Waals surface area contributed by atoms with Crippen LogP contribution in [0.2, 0.25) is 0 Å². The highest BCUT2D eigenvalue weighted by molar-refractivity contribution is 6.17. The fourth-order valence-corrected chi connectivity index (χ4v) is 2.46. The van der Waals surface area contributed by atoms with E-state index in [2.05, 4.69) is 5.32 Å². The average Bonchev–Trinajstić information content (AvgIpc) is 3.01. The van der Waals surface area contributed by atoms with Gasteiger partial charge in [0, 0.05) is 31.4 Å². The third-order valence-corrected chi connectivity index (χ3v) is 3.76. The lowest BCUT2D eigenvalue weighted by atomic mass is 9.95. The van der Waals surface area contributed by atoms with Gasteiger partial charge in [0.1, 0.15) is 0 Å². The van der Waals surface area contributed by atoms with E-state index in [9.17, 15) is 9.59 Å². The topological polar surface area (TPSA) is 62.6 Å². The van der Waals surface area contributed by atoms with Crippen molar-refractivity contribution in [2.24, 2.45) is 5.92 Å². The molecule has 0 aromatic carbocycles. The lowest BCUT2D eigenvalue weighted by molar-refractivity contribution is -0.126. The number of nitrogens with zero attached hydrogens (tertiary/aromatic N) is 1. The molecule has 0 spiro atoms. The van der Waals surface area contributed by atoms with Crippen LogP contribution < -0.4 is 5.32 Å². The normalized spacial score (nSPS) is 16.1. The van der Waals surface area contributed by atoms with Gasteiger partial charge in [0.15, 0.2) is 5.76 Å². The molecule has 110 valence electrons. The standard InChI is InChI=1S/C14H19ClN2O3/c15-6-2-7-16-13(18)11-4-8-17(9-5-11)14(19)12-3-1-10-20-12/h1,3,10-11H,2,4-9H2,(H,16,18). The molecule has 1 saturated heterocycles. The number of rotatable bonds is 5. The minimum Gasteiger partial charge on any atom is -0.459 e. The largest absolute Gasteiger partial charge is 0.459 e. The Hall–Kier alpha value is -1.49. The molecule has 0 radical (unpaired) electrons. The molecule has 2 amide bonds. The van der Waals surface area contributed by atoms with Gasteiger partial charge in [0.05, 0.1) is 6.26 Å². The van der Waals surface area contributed by atoms with Crippen LogP contribution in [0.3, 0.4) is 0 Å². The summed E-state index contributed by atoms with van der Waals surface area (Å²) in [5.41, 5.74) is 0. The van der Waals surface area contributed by atoms with Gasteiger partial charge in [-0.2, -0.15) is 0 Å². The van der Waals surface area contributed by atoms with Crippen molar-refractivity contribution in [3.8, 4) is 0 Å². The van der Waals surface area contributed by atoms with Crippen LogP contribution in [-0.4, -0.2) is 42.2 Å². The first-order valence-corrected chi connectivity index (χ1v) is 7.42. The SMILES string of the molecule is O=C(NCCCCl)C1CCN(C(=O)c2ccco2)CC1. The second-order valence-electron chi connectivity index (χ2n) is 4.88. The highest BCUT2D eigenvalue weighted by atomic mass is 35.5. The summed E-state index contributed by atoms with van der Waals surface area (Å²) in [6.45, 7) is 1.80. The van der Waals surface area contributed by atoms with Crippen molar-refractivity contribution in [1.29, 1.82) is 0 Å². The molecule has 1 aromatic rings. The lowest BCUT2D eigenvalue weighted by Crippen LogP contribution is -2.43. The van der Waals surface area contributed by atoms with Crippen molar-refractivity contribution >= 4 is 23.4 Å². The Labute approximate surface area is 123 Å². The van der Waals surface area contributed by atoms with Crippen molar-refractivity contribution in [3.05, 3.63) is 24.2 Å². The summed E-state index contributed by atoms with van der Waals surface area (Å²) in [4.78, 5) is 25.7. The summed E-state index contributed by atoms with van der Waals surface area (Å²) in [5, 5.41) is 2.88. The second-order valence-corrected chi connectivity index (χ2v) is 5.26. The molecule has 1 aliphatic heterocycles. The summed E-state index contributed by atoms with van der Waals surface area (Å²) in [6, 6.07) is 3.36. The molecule has 2 heterocycles. The number of alkyl halides is 1. The van der Waals surface area contributed by atoms with Crippen LogP contribution in [0.1, 0.15) is 29.8 Å². The molecule has 2 rings (SSSR count). The van der Waals surface area contributed by atoms with Gasteiger partial charge in [-0.25, -0.2) is 0 Å². The van der Waals surface area contributed by atoms with E-state index < -0.39 is 0 Å². The molecule has 6 heteroatoms. The number of carbonyl (C=O) groups excluding carboxylic acids is 2. The van der Waals surface area contributed by atoms with Crippen LogP contribution in [-0.2, 0) is 4.79 Å². The smallest absolute Gasteiger partial charge is 0.289 e. The van der Waals surface area contributed by atoms with Gasteiger partial charge in [-0.05, 0) is 31.4 Å². The zero-order chi connectivity index (χ0) is 14.4. The maximum absolute atomic E-state index is 12.1. The number of piperidine rings is 1. The molecule has 1 aliphatic rings. The van der Waals surface area contributed by atoms with Crippen LogP contribution in [0.4, 0.5) is 0 Å². The van der Waals surface area contributed by atoms with E-state index in [0.29, 0.717) is 44.1 Å². The van der Waals surface area contributed by atoms with Gasteiger partial charge in [0.25, 0.3) is 5.91 Å². The quantitative estimate of drug-likeness (QED) is 0.667. The van der Waals surface area contributed by atoms with E-state index in [0.717, 1.165) is 6.42 Å². The second kappa shape index (κ2) is 7.33. The number of likely N-dealkylation sites (tertiary alicyclic amines) is 1. The van der Waals surface area contributed by atoms with Crippen LogP contribution >= 0.6 is 11.6 Å². The molecular formula is C14H19ClN2O3. The van der Waals surface area contributed by atoms with Gasteiger partial charge < -0.3 is 14.6 Å². The van der Waals surface area contributed by atoms with Crippen molar-refractivity contribution in [1.82, 2.24) is 10.2 Å². The number of hydrogen-bond acceptors (Lipinski definition) is 3. The number of nitrogens with one attached hydrogen (secondary N) is 1. The van der Waals surface area contributed by atoms with Crippen LogP contribution in [0.5, 0.6) is 0 Å². The lowest BCUT2D eigenvalue weighted by Gasteiger charge is -2.30. The number of carbonyl (C=O) groups is 2. The van der Waals surface area contributed by atoms with Gasteiger partial charge in [0.2, 0.25) is 5.91 Å². The summed E-state index contributed by atoms with van der Waals surface area (Å²) < 4.78 is 5.11. The Morgan fingerprint density at radius 1 is 1.40 bits per heavy atom. The predicted molar refractivity (Wildman–Crippen MR) is 75.7 cm³/mol. The fourth-order valence-electron chi connectivity index (χ4n) is 2.32. The maximum Gasteiger partial charge on any atom is 0.289 e. The third kappa shape index (κ3) is 3.76. The van der Waals surface area contributed by atoms with Crippen LogP contribution in [0.15, 0.2) is 22.8 Å². The molecule has 0 atom stereocenters. The zero-order valence-electron chi connectivity index (χ0n) is 11.3. The number of hydrogen-bond donors (Lipinski definition) is 1. The first-order chi connectivity index (χ1) is 9.72. The molecule has 0 saturated carbocycles. The van der Waals surface area contributed by atoms with E-state index in [1.165, 1.54) is 6.26 Å². The van der Waals surface area contributed by atoms with Crippen molar-refractivity contribution in [2.75, 3.05) is 25.5 Å². The fraction of sp³-hybridized carbons (Fsp3) is 0.571. The Kier molecular flexibility index (Phi) is 5.47. The molecule has 0 bridgehead atoms.